The minimum absolute atomic E-state index is 0.162. The lowest BCUT2D eigenvalue weighted by molar-refractivity contribution is -0.0611. The maximum Gasteiger partial charge on any atom is 0.0812 e. The summed E-state index contributed by atoms with van der Waals surface area (Å²) >= 11 is 0. The predicted octanol–water partition coefficient (Wildman–Crippen LogP) is 16.5. The summed E-state index contributed by atoms with van der Waals surface area (Å²) in [5.74, 6) is 7.91. The Hall–Kier alpha value is -0.980. The largest absolute Gasteiger partial charge is 0.385 e. The van der Waals surface area contributed by atoms with Crippen molar-refractivity contribution in [2.75, 3.05) is 53.4 Å². The molecule has 0 N–H and O–H groups in total. The lowest BCUT2D eigenvalue weighted by Gasteiger charge is -2.52. The number of hydrogen-bond acceptors (Lipinski definition) is 5. The maximum absolute atomic E-state index is 6.51. The second kappa shape index (κ2) is 32.0. The van der Waals surface area contributed by atoms with Gasteiger partial charge in [0.2, 0.25) is 0 Å². The van der Waals surface area contributed by atoms with Crippen LogP contribution in [0, 0.1) is 58.7 Å². The summed E-state index contributed by atoms with van der Waals surface area (Å²) in [4.78, 5) is 0. The highest BCUT2D eigenvalue weighted by Gasteiger charge is 2.55. The summed E-state index contributed by atoms with van der Waals surface area (Å²) in [6.45, 7) is 17.4. The van der Waals surface area contributed by atoms with E-state index in [4.69, 9.17) is 23.7 Å². The predicted molar refractivity (Wildman–Crippen MR) is 275 cm³/mol. The first-order valence-corrected chi connectivity index (χ1v) is 28.7. The third kappa shape index (κ3) is 19.4. The standard InChI is InChI=1S/C60H106O5/c1-7-8-9-10-11-12-13-14-15-16-17-18-19-20-21-22-39-63-47-54(45-51-28-26-50(27-29-51)37-40-61-6)65-44-42-62-41-43-64-53-31-33-55-52(46-53)30-32-57-56(55)34-35-59-58(57)36-38-60(59,5)49(4)25-23-24-48(2)3/h11-12,14-15,30,48-51,53-59H,7-10,13,16-29,31-47H2,1-6H3/b12-11-,15-14-/t49-,50?,51?,53+,54?,55?,56?,57?,58?,59?,60-/m1/s1. The highest BCUT2D eigenvalue weighted by Crippen LogP contribution is 2.63. The molecular formula is C60H106O5. The first-order chi connectivity index (χ1) is 31.8. The van der Waals surface area contributed by atoms with Crippen molar-refractivity contribution in [3.8, 4) is 0 Å². The molecule has 5 aliphatic carbocycles. The summed E-state index contributed by atoms with van der Waals surface area (Å²) in [6, 6.07) is 0. The van der Waals surface area contributed by atoms with Crippen molar-refractivity contribution in [1.82, 2.24) is 0 Å². The molecule has 0 aromatic carbocycles. The number of rotatable bonds is 35. The molecule has 5 aliphatic rings. The molecule has 0 radical (unpaired) electrons. The SMILES string of the molecule is CCCCC/C=C\C/C=C\CCCCCCCCOCC(CC1CCC(CCOC)CC1)OCCOCCO[C@H]1CCC2C(=CCC3C2CCC2C3CC[C@]2(C)[C@H](C)CCCC(C)C)C1. The Kier molecular flexibility index (Phi) is 27.1. The van der Waals surface area contributed by atoms with Gasteiger partial charge in [0.1, 0.15) is 0 Å². The third-order valence-electron chi connectivity index (χ3n) is 18.0. The van der Waals surface area contributed by atoms with E-state index in [0.717, 1.165) is 92.2 Å². The molecule has 4 saturated carbocycles. The Labute approximate surface area is 403 Å². The zero-order chi connectivity index (χ0) is 46.0. The van der Waals surface area contributed by atoms with Gasteiger partial charge in [-0.15, -0.1) is 0 Å². The lowest BCUT2D eigenvalue weighted by Crippen LogP contribution is -2.44. The average Bonchev–Trinajstić information content (AvgIpc) is 3.67. The van der Waals surface area contributed by atoms with Gasteiger partial charge >= 0.3 is 0 Å². The van der Waals surface area contributed by atoms with Crippen molar-refractivity contribution in [3.05, 3.63) is 36.0 Å². The molecule has 5 heteroatoms. The Morgan fingerprint density at radius 1 is 0.662 bits per heavy atom. The van der Waals surface area contributed by atoms with Crippen LogP contribution in [0.2, 0.25) is 0 Å². The van der Waals surface area contributed by atoms with Gasteiger partial charge < -0.3 is 23.7 Å². The molecule has 0 aliphatic heterocycles. The van der Waals surface area contributed by atoms with E-state index in [2.05, 4.69) is 65.0 Å². The van der Waals surface area contributed by atoms with E-state index in [1.54, 1.807) is 5.57 Å². The molecule has 0 saturated heterocycles. The van der Waals surface area contributed by atoms with Gasteiger partial charge in [-0.05, 0) is 161 Å². The molecule has 0 aromatic rings. The van der Waals surface area contributed by atoms with Crippen molar-refractivity contribution in [1.29, 1.82) is 0 Å². The molecule has 4 fully saturated rings. The summed E-state index contributed by atoms with van der Waals surface area (Å²) in [5, 5.41) is 0. The minimum Gasteiger partial charge on any atom is -0.385 e. The van der Waals surface area contributed by atoms with Crippen LogP contribution in [0.25, 0.3) is 0 Å². The number of hydrogen-bond donors (Lipinski definition) is 0. The van der Waals surface area contributed by atoms with Gasteiger partial charge in [0.05, 0.1) is 45.2 Å². The Morgan fingerprint density at radius 3 is 2.17 bits per heavy atom. The van der Waals surface area contributed by atoms with Crippen LogP contribution in [-0.4, -0.2) is 65.6 Å². The van der Waals surface area contributed by atoms with Gasteiger partial charge in [-0.3, -0.25) is 0 Å². The normalized spacial score (nSPS) is 30.2. The monoisotopic (exact) mass is 907 g/mol. The van der Waals surface area contributed by atoms with Gasteiger partial charge in [-0.25, -0.2) is 0 Å². The molecule has 5 nitrogen and oxygen atoms in total. The molecular weight excluding hydrogens is 801 g/mol. The molecule has 5 rings (SSSR count). The van der Waals surface area contributed by atoms with Crippen LogP contribution in [-0.2, 0) is 23.7 Å². The fourth-order valence-electron chi connectivity index (χ4n) is 13.8. The van der Waals surface area contributed by atoms with Crippen molar-refractivity contribution in [3.63, 3.8) is 0 Å². The molecule has 0 aromatic heterocycles. The van der Waals surface area contributed by atoms with Crippen LogP contribution >= 0.6 is 0 Å². The quantitative estimate of drug-likeness (QED) is 0.0468. The summed E-state index contributed by atoms with van der Waals surface area (Å²) < 4.78 is 30.8. The van der Waals surface area contributed by atoms with E-state index in [9.17, 15) is 0 Å². The van der Waals surface area contributed by atoms with Crippen molar-refractivity contribution in [2.24, 2.45) is 58.7 Å². The first kappa shape index (κ1) is 55.0. The van der Waals surface area contributed by atoms with Gasteiger partial charge in [0, 0.05) is 20.3 Å². The zero-order valence-corrected chi connectivity index (χ0v) is 43.7. The second-order valence-corrected chi connectivity index (χ2v) is 23.0. The van der Waals surface area contributed by atoms with E-state index in [1.807, 2.05) is 7.11 Å². The van der Waals surface area contributed by atoms with Crippen LogP contribution in [0.15, 0.2) is 36.0 Å². The molecule has 6 unspecified atom stereocenters. The van der Waals surface area contributed by atoms with E-state index in [1.165, 1.54) is 161 Å². The summed E-state index contributed by atoms with van der Waals surface area (Å²) in [7, 11) is 1.83. The highest BCUT2D eigenvalue weighted by atomic mass is 16.6. The van der Waals surface area contributed by atoms with Gasteiger partial charge in [0.15, 0.2) is 0 Å². The Bertz CT molecular complexity index is 1300. The fraction of sp³-hybridized carbons (Fsp3) is 0.900. The number of methoxy groups -OCH3 is 1. The fourth-order valence-corrected chi connectivity index (χ4v) is 13.8. The maximum atomic E-state index is 6.51. The third-order valence-corrected chi connectivity index (χ3v) is 18.0. The van der Waals surface area contributed by atoms with E-state index >= 15 is 0 Å². The van der Waals surface area contributed by atoms with Crippen molar-refractivity contribution < 1.29 is 23.7 Å². The van der Waals surface area contributed by atoms with Crippen LogP contribution in [0.5, 0.6) is 0 Å². The molecule has 0 amide bonds. The molecule has 0 spiro atoms. The average molecular weight is 908 g/mol. The second-order valence-electron chi connectivity index (χ2n) is 23.0. The van der Waals surface area contributed by atoms with E-state index in [0.29, 0.717) is 44.6 Å². The molecule has 376 valence electrons. The van der Waals surface area contributed by atoms with Gasteiger partial charge in [-0.1, -0.05) is 154 Å². The smallest absolute Gasteiger partial charge is 0.0812 e. The molecule has 0 bridgehead atoms. The first-order valence-electron chi connectivity index (χ1n) is 28.7. The number of ether oxygens (including phenoxy) is 5. The van der Waals surface area contributed by atoms with Crippen LogP contribution in [0.3, 0.4) is 0 Å². The summed E-state index contributed by atoms with van der Waals surface area (Å²) in [5.41, 5.74) is 2.32. The van der Waals surface area contributed by atoms with Gasteiger partial charge in [-0.2, -0.15) is 0 Å². The van der Waals surface area contributed by atoms with Crippen LogP contribution in [0.4, 0.5) is 0 Å². The Balaban J connectivity index is 0.923. The number of allylic oxidation sites excluding steroid dienone is 5. The molecule has 9 atom stereocenters. The molecule has 0 heterocycles. The zero-order valence-electron chi connectivity index (χ0n) is 43.7. The van der Waals surface area contributed by atoms with Crippen LogP contribution in [0.1, 0.15) is 221 Å². The topological polar surface area (TPSA) is 46.2 Å². The highest BCUT2D eigenvalue weighted by molar-refractivity contribution is 5.20. The Morgan fingerprint density at radius 2 is 1.40 bits per heavy atom. The lowest BCUT2D eigenvalue weighted by atomic mass is 9.53. The van der Waals surface area contributed by atoms with E-state index < -0.39 is 0 Å². The van der Waals surface area contributed by atoms with E-state index in [-0.39, 0.29) is 6.10 Å². The number of unbranched alkanes of at least 4 members (excludes halogenated alkanes) is 9. The summed E-state index contributed by atoms with van der Waals surface area (Å²) in [6.07, 6.45) is 50.8. The van der Waals surface area contributed by atoms with Crippen molar-refractivity contribution >= 4 is 0 Å². The van der Waals surface area contributed by atoms with Crippen molar-refractivity contribution in [2.45, 2.75) is 233 Å². The minimum atomic E-state index is 0.162. The number of fused-ring (bicyclic) bond motifs is 5. The van der Waals surface area contributed by atoms with Gasteiger partial charge in [0.25, 0.3) is 0 Å². The van der Waals surface area contributed by atoms with Crippen LogP contribution < -0.4 is 0 Å². The molecule has 65 heavy (non-hydrogen) atoms.